The van der Waals surface area contributed by atoms with Gasteiger partial charge in [0.05, 0.1) is 6.10 Å². The van der Waals surface area contributed by atoms with Crippen molar-refractivity contribution in [1.82, 2.24) is 0 Å². The van der Waals surface area contributed by atoms with Crippen LogP contribution in [0.1, 0.15) is 59.8 Å². The molecule has 92 valence electrons. The summed E-state index contributed by atoms with van der Waals surface area (Å²) in [6.45, 7) is 9.74. The first-order valence-electron chi connectivity index (χ1n) is 7.03. The van der Waals surface area contributed by atoms with Crippen LogP contribution in [0.15, 0.2) is 0 Å². The third-order valence-corrected chi connectivity index (χ3v) is 6.64. The molecule has 1 nitrogen and oxygen atoms in total. The van der Waals surface area contributed by atoms with E-state index in [2.05, 4.69) is 27.7 Å². The van der Waals surface area contributed by atoms with E-state index in [1.165, 1.54) is 25.7 Å². The van der Waals surface area contributed by atoms with Gasteiger partial charge in [-0.05, 0) is 54.8 Å². The third kappa shape index (κ3) is 0.939. The summed E-state index contributed by atoms with van der Waals surface area (Å²) < 4.78 is 0. The van der Waals surface area contributed by atoms with Gasteiger partial charge in [-0.25, -0.2) is 0 Å². The second kappa shape index (κ2) is 2.85. The van der Waals surface area contributed by atoms with Gasteiger partial charge in [0.1, 0.15) is 0 Å². The second-order valence-corrected chi connectivity index (χ2v) is 7.74. The zero-order valence-electron chi connectivity index (χ0n) is 11.2. The lowest BCUT2D eigenvalue weighted by molar-refractivity contribution is -0.0519. The number of rotatable bonds is 0. The monoisotopic (exact) mass is 222 g/mol. The first kappa shape index (κ1) is 11.1. The van der Waals surface area contributed by atoms with Crippen LogP contribution in [0.4, 0.5) is 0 Å². The van der Waals surface area contributed by atoms with Crippen LogP contribution in [0.3, 0.4) is 0 Å². The molecule has 1 N–H and O–H groups in total. The summed E-state index contributed by atoms with van der Waals surface area (Å²) in [7, 11) is 0. The van der Waals surface area contributed by atoms with Crippen molar-refractivity contribution in [2.75, 3.05) is 0 Å². The lowest BCUT2D eigenvalue weighted by Crippen LogP contribution is -2.45. The molecule has 3 aliphatic rings. The van der Waals surface area contributed by atoms with Crippen molar-refractivity contribution in [3.63, 3.8) is 0 Å². The van der Waals surface area contributed by atoms with Crippen LogP contribution in [0.5, 0.6) is 0 Å². The minimum Gasteiger partial charge on any atom is -0.393 e. The molecule has 0 radical (unpaired) electrons. The minimum atomic E-state index is -0.0261. The first-order valence-corrected chi connectivity index (χ1v) is 7.03. The molecule has 0 aromatic heterocycles. The van der Waals surface area contributed by atoms with Crippen molar-refractivity contribution >= 4 is 0 Å². The Bertz CT molecular complexity index is 315. The molecule has 0 aromatic rings. The molecule has 0 bridgehead atoms. The molecule has 1 spiro atoms. The van der Waals surface area contributed by atoms with Gasteiger partial charge in [0.15, 0.2) is 0 Å². The van der Waals surface area contributed by atoms with Crippen LogP contribution < -0.4 is 0 Å². The molecule has 0 aliphatic heterocycles. The highest BCUT2D eigenvalue weighted by molar-refractivity contribution is 5.21. The fourth-order valence-electron chi connectivity index (χ4n) is 6.53. The van der Waals surface area contributed by atoms with E-state index in [0.717, 1.165) is 18.3 Å². The average molecular weight is 222 g/mol. The molecule has 0 aromatic carbocycles. The highest BCUT2D eigenvalue weighted by atomic mass is 16.3. The zero-order valence-corrected chi connectivity index (χ0v) is 11.2. The molecule has 0 heterocycles. The maximum Gasteiger partial charge on any atom is 0.0607 e. The molecular weight excluding hydrogens is 196 g/mol. The van der Waals surface area contributed by atoms with Gasteiger partial charge in [0.25, 0.3) is 0 Å². The lowest BCUT2D eigenvalue weighted by atomic mass is 9.61. The van der Waals surface area contributed by atoms with Crippen LogP contribution in [0.2, 0.25) is 0 Å². The molecule has 3 rings (SSSR count). The van der Waals surface area contributed by atoms with Crippen molar-refractivity contribution in [2.45, 2.75) is 65.9 Å². The van der Waals surface area contributed by atoms with Crippen molar-refractivity contribution in [3.05, 3.63) is 0 Å². The zero-order chi connectivity index (χ0) is 11.8. The smallest absolute Gasteiger partial charge is 0.0607 e. The van der Waals surface area contributed by atoms with Gasteiger partial charge < -0.3 is 5.11 Å². The van der Waals surface area contributed by atoms with E-state index in [1.54, 1.807) is 0 Å². The maximum absolute atomic E-state index is 10.6. The van der Waals surface area contributed by atoms with Gasteiger partial charge >= 0.3 is 0 Å². The Morgan fingerprint density at radius 2 is 1.75 bits per heavy atom. The summed E-state index contributed by atoms with van der Waals surface area (Å²) in [5.41, 5.74) is 1.12. The van der Waals surface area contributed by atoms with E-state index in [0.29, 0.717) is 10.8 Å². The quantitative estimate of drug-likeness (QED) is 0.664. The predicted octanol–water partition coefficient (Wildman–Crippen LogP) is 3.61. The van der Waals surface area contributed by atoms with Crippen LogP contribution >= 0.6 is 0 Å². The molecular formula is C15H26O. The third-order valence-electron chi connectivity index (χ3n) is 6.64. The van der Waals surface area contributed by atoms with Crippen LogP contribution in [-0.2, 0) is 0 Å². The van der Waals surface area contributed by atoms with E-state index in [1.807, 2.05) is 0 Å². The van der Waals surface area contributed by atoms with Gasteiger partial charge in [0, 0.05) is 5.41 Å². The molecule has 3 fully saturated rings. The van der Waals surface area contributed by atoms with Crippen molar-refractivity contribution in [3.8, 4) is 0 Å². The topological polar surface area (TPSA) is 20.2 Å². The SMILES string of the molecule is C[C@@H]1CC[C@H]2C(C)(C)C[C@]3(C)CC[C@H](O)C123. The van der Waals surface area contributed by atoms with E-state index >= 15 is 0 Å². The molecule has 0 amide bonds. The summed E-state index contributed by atoms with van der Waals surface area (Å²) in [5, 5.41) is 10.6. The Morgan fingerprint density at radius 3 is 2.44 bits per heavy atom. The summed E-state index contributed by atoms with van der Waals surface area (Å²) >= 11 is 0. The molecule has 1 unspecified atom stereocenters. The summed E-state index contributed by atoms with van der Waals surface area (Å²) in [4.78, 5) is 0. The Morgan fingerprint density at radius 1 is 1.06 bits per heavy atom. The van der Waals surface area contributed by atoms with Crippen LogP contribution in [0, 0.1) is 28.1 Å². The minimum absolute atomic E-state index is 0.0261. The van der Waals surface area contributed by atoms with Crippen molar-refractivity contribution in [2.24, 2.45) is 28.1 Å². The lowest BCUT2D eigenvalue weighted by Gasteiger charge is -2.45. The predicted molar refractivity (Wildman–Crippen MR) is 66.1 cm³/mol. The Labute approximate surface area is 99.6 Å². The van der Waals surface area contributed by atoms with E-state index in [9.17, 15) is 5.11 Å². The summed E-state index contributed by atoms with van der Waals surface area (Å²) in [6, 6.07) is 0. The van der Waals surface area contributed by atoms with Crippen molar-refractivity contribution in [1.29, 1.82) is 0 Å². The second-order valence-electron chi connectivity index (χ2n) is 7.74. The Balaban J connectivity index is 2.16. The number of aliphatic hydroxyl groups is 1. The van der Waals surface area contributed by atoms with E-state index in [-0.39, 0.29) is 11.5 Å². The normalized spacial score (nSPS) is 58.7. The largest absolute Gasteiger partial charge is 0.393 e. The summed E-state index contributed by atoms with van der Waals surface area (Å²) in [5.74, 6) is 1.49. The number of hydrogen-bond donors (Lipinski definition) is 1. The number of hydrogen-bond acceptors (Lipinski definition) is 1. The van der Waals surface area contributed by atoms with Crippen LogP contribution in [0.25, 0.3) is 0 Å². The Kier molecular flexibility index (Phi) is 1.98. The van der Waals surface area contributed by atoms with Crippen molar-refractivity contribution < 1.29 is 5.11 Å². The summed E-state index contributed by atoms with van der Waals surface area (Å²) in [6.07, 6.45) is 6.28. The molecule has 5 atom stereocenters. The number of aliphatic hydroxyl groups excluding tert-OH is 1. The van der Waals surface area contributed by atoms with Gasteiger partial charge in [-0.3, -0.25) is 0 Å². The average Bonchev–Trinajstić information content (AvgIpc) is 2.68. The van der Waals surface area contributed by atoms with Gasteiger partial charge in [-0.15, -0.1) is 0 Å². The fourth-order valence-corrected chi connectivity index (χ4v) is 6.53. The standard InChI is InChI=1S/C15H26O/c1-10-5-6-11-13(2,3)9-14(4)8-7-12(16)15(10,11)14/h10-12,16H,5-9H2,1-4H3/t10-,11+,12+,14+,15?/m1/s1. The van der Waals surface area contributed by atoms with Gasteiger partial charge in [-0.2, -0.15) is 0 Å². The molecule has 3 saturated carbocycles. The Hall–Kier alpha value is -0.0400. The van der Waals surface area contributed by atoms with Gasteiger partial charge in [-0.1, -0.05) is 27.7 Å². The molecule has 0 saturated heterocycles. The van der Waals surface area contributed by atoms with E-state index in [4.69, 9.17) is 0 Å². The van der Waals surface area contributed by atoms with Gasteiger partial charge in [0.2, 0.25) is 0 Å². The highest BCUT2D eigenvalue weighted by Crippen LogP contribution is 2.77. The molecule has 16 heavy (non-hydrogen) atoms. The maximum atomic E-state index is 10.6. The van der Waals surface area contributed by atoms with Crippen LogP contribution in [-0.4, -0.2) is 11.2 Å². The van der Waals surface area contributed by atoms with E-state index < -0.39 is 0 Å². The molecule has 3 aliphatic carbocycles. The molecule has 1 heteroatoms. The first-order chi connectivity index (χ1) is 7.34. The fraction of sp³-hybridized carbons (Fsp3) is 1.00. The highest BCUT2D eigenvalue weighted by Gasteiger charge is 2.72.